The summed E-state index contributed by atoms with van der Waals surface area (Å²) in [7, 11) is 0. The number of hydrogen-bond acceptors (Lipinski definition) is 3. The number of rotatable bonds is 7. The average Bonchev–Trinajstić information content (AvgIpc) is 2.24. The lowest BCUT2D eigenvalue weighted by molar-refractivity contribution is -0.136. The number of aliphatic carboxylic acids is 1. The molecule has 0 amide bonds. The maximum Gasteiger partial charge on any atom is 0.304 e. The van der Waals surface area contributed by atoms with E-state index in [1.54, 1.807) is 0 Å². The third-order valence-electron chi connectivity index (χ3n) is 1.74. The molecule has 4 heteroatoms. The molecule has 0 aliphatic rings. The fraction of sp³-hybridized carbons (Fsp3) is 0.364. The first-order chi connectivity index (χ1) is 7.29. The highest BCUT2D eigenvalue weighted by molar-refractivity contribution is 7.99. The maximum absolute atomic E-state index is 10.2. The lowest BCUT2D eigenvalue weighted by Crippen LogP contribution is -1.98. The summed E-state index contributed by atoms with van der Waals surface area (Å²) in [4.78, 5) is 10.2. The van der Waals surface area contributed by atoms with Crippen LogP contribution in [0.2, 0.25) is 0 Å². The van der Waals surface area contributed by atoms with Crippen molar-refractivity contribution in [2.75, 3.05) is 11.7 Å². The van der Waals surface area contributed by atoms with Crippen molar-refractivity contribution in [3.8, 4) is 0 Å². The number of benzene rings is 1. The quantitative estimate of drug-likeness (QED) is 0.572. The molecule has 0 unspecified atom stereocenters. The van der Waals surface area contributed by atoms with Gasteiger partial charge >= 0.3 is 5.97 Å². The molecule has 3 nitrogen and oxygen atoms in total. The van der Waals surface area contributed by atoms with Gasteiger partial charge < -0.3 is 9.84 Å². The third-order valence-corrected chi connectivity index (χ3v) is 2.56. The minimum Gasteiger partial charge on any atom is -0.481 e. The Morgan fingerprint density at radius 1 is 1.33 bits per heavy atom. The van der Waals surface area contributed by atoms with E-state index in [0.29, 0.717) is 18.3 Å². The van der Waals surface area contributed by atoms with Gasteiger partial charge in [-0.2, -0.15) is 0 Å². The second-order valence-corrected chi connectivity index (χ2v) is 4.06. The monoisotopic (exact) mass is 226 g/mol. The molecule has 0 aliphatic carbocycles. The molecule has 15 heavy (non-hydrogen) atoms. The average molecular weight is 226 g/mol. The summed E-state index contributed by atoms with van der Waals surface area (Å²) in [5, 5.41) is 8.39. The van der Waals surface area contributed by atoms with Crippen LogP contribution in [0, 0.1) is 0 Å². The zero-order valence-corrected chi connectivity index (χ0v) is 9.20. The molecule has 0 spiro atoms. The van der Waals surface area contributed by atoms with E-state index in [2.05, 4.69) is 0 Å². The molecule has 0 bridgehead atoms. The smallest absolute Gasteiger partial charge is 0.304 e. The zero-order chi connectivity index (χ0) is 10.9. The first-order valence-corrected chi connectivity index (χ1v) is 5.85. The topological polar surface area (TPSA) is 46.5 Å². The van der Waals surface area contributed by atoms with Crippen LogP contribution in [0.5, 0.6) is 0 Å². The lowest BCUT2D eigenvalue weighted by atomic mass is 10.2. The van der Waals surface area contributed by atoms with Gasteiger partial charge in [0.2, 0.25) is 0 Å². The Labute approximate surface area is 93.4 Å². The summed E-state index contributed by atoms with van der Waals surface area (Å²) in [5.74, 6) is 0.386. The molecule has 1 rings (SSSR count). The fourth-order valence-electron chi connectivity index (χ4n) is 1.01. The molecule has 0 saturated heterocycles. The Bertz CT molecular complexity index is 287. The molecule has 0 radical (unpaired) electrons. The van der Waals surface area contributed by atoms with E-state index in [9.17, 15) is 4.79 Å². The van der Waals surface area contributed by atoms with Crippen molar-refractivity contribution >= 4 is 17.7 Å². The van der Waals surface area contributed by atoms with Crippen LogP contribution < -0.4 is 0 Å². The summed E-state index contributed by atoms with van der Waals surface area (Å²) in [6, 6.07) is 9.90. The Morgan fingerprint density at radius 2 is 2.07 bits per heavy atom. The molecule has 0 atom stereocenters. The number of carboxylic acid groups (broad SMARTS) is 1. The van der Waals surface area contributed by atoms with Crippen LogP contribution in [-0.4, -0.2) is 22.8 Å². The molecular formula is C11H14O3S. The Morgan fingerprint density at radius 3 is 2.73 bits per heavy atom. The van der Waals surface area contributed by atoms with Crippen LogP contribution in [-0.2, 0) is 16.1 Å². The number of hydrogen-bond donors (Lipinski definition) is 1. The Kier molecular flexibility index (Phi) is 5.88. The second kappa shape index (κ2) is 7.31. The van der Waals surface area contributed by atoms with E-state index < -0.39 is 5.97 Å². The van der Waals surface area contributed by atoms with Crippen LogP contribution in [0.3, 0.4) is 0 Å². The molecule has 0 heterocycles. The number of thioether (sulfide) groups is 1. The predicted molar refractivity (Wildman–Crippen MR) is 60.8 cm³/mol. The highest BCUT2D eigenvalue weighted by Gasteiger charge is 1.96. The number of carboxylic acids is 1. The first-order valence-electron chi connectivity index (χ1n) is 4.70. The largest absolute Gasteiger partial charge is 0.481 e. The van der Waals surface area contributed by atoms with Crippen molar-refractivity contribution in [1.29, 1.82) is 0 Å². The van der Waals surface area contributed by atoms with Crippen molar-refractivity contribution in [2.45, 2.75) is 13.0 Å². The van der Waals surface area contributed by atoms with Crippen molar-refractivity contribution in [3.05, 3.63) is 35.9 Å². The van der Waals surface area contributed by atoms with Gasteiger partial charge in [-0.3, -0.25) is 4.79 Å². The van der Waals surface area contributed by atoms with Gasteiger partial charge in [0.15, 0.2) is 0 Å². The van der Waals surface area contributed by atoms with E-state index in [1.165, 1.54) is 11.8 Å². The summed E-state index contributed by atoms with van der Waals surface area (Å²) in [6.45, 7) is 0.584. The van der Waals surface area contributed by atoms with Gasteiger partial charge in [-0.25, -0.2) is 0 Å². The number of ether oxygens (including phenoxy) is 1. The summed E-state index contributed by atoms with van der Waals surface area (Å²) < 4.78 is 5.37. The van der Waals surface area contributed by atoms with Crippen LogP contribution in [0.25, 0.3) is 0 Å². The van der Waals surface area contributed by atoms with E-state index in [-0.39, 0.29) is 6.42 Å². The minimum absolute atomic E-state index is 0.194. The van der Waals surface area contributed by atoms with Gasteiger partial charge in [0.1, 0.15) is 0 Å². The second-order valence-electron chi connectivity index (χ2n) is 3.00. The van der Waals surface area contributed by atoms with Crippen molar-refractivity contribution in [1.82, 2.24) is 0 Å². The molecule has 0 saturated carbocycles. The highest BCUT2D eigenvalue weighted by atomic mass is 32.2. The van der Waals surface area contributed by atoms with Gasteiger partial charge in [0.05, 0.1) is 19.0 Å². The molecular weight excluding hydrogens is 212 g/mol. The number of carbonyl (C=O) groups is 1. The SMILES string of the molecule is O=C(O)CCSCOCc1ccccc1. The molecule has 0 aliphatic heterocycles. The van der Waals surface area contributed by atoms with Crippen LogP contribution >= 0.6 is 11.8 Å². The van der Waals surface area contributed by atoms with Crippen molar-refractivity contribution < 1.29 is 14.6 Å². The minimum atomic E-state index is -0.759. The van der Waals surface area contributed by atoms with Crippen molar-refractivity contribution in [3.63, 3.8) is 0 Å². The summed E-state index contributed by atoms with van der Waals surface area (Å²) in [5.41, 5.74) is 1.14. The predicted octanol–water partition coefficient (Wildman–Crippen LogP) is 2.37. The highest BCUT2D eigenvalue weighted by Crippen LogP contribution is 2.06. The first kappa shape index (κ1) is 12.1. The van der Waals surface area contributed by atoms with E-state index in [4.69, 9.17) is 9.84 Å². The Hall–Kier alpha value is -1.00. The van der Waals surface area contributed by atoms with Gasteiger partial charge in [-0.15, -0.1) is 11.8 Å². The maximum atomic E-state index is 10.2. The van der Waals surface area contributed by atoms with Gasteiger partial charge in [-0.1, -0.05) is 30.3 Å². The van der Waals surface area contributed by atoms with Crippen molar-refractivity contribution in [2.24, 2.45) is 0 Å². The standard InChI is InChI=1S/C11H14O3S/c12-11(13)6-7-15-9-14-8-10-4-2-1-3-5-10/h1-5H,6-9H2,(H,12,13). The Balaban J connectivity index is 2.00. The molecule has 1 N–H and O–H groups in total. The zero-order valence-electron chi connectivity index (χ0n) is 8.39. The van der Waals surface area contributed by atoms with E-state index in [0.717, 1.165) is 5.56 Å². The van der Waals surface area contributed by atoms with Gasteiger partial charge in [-0.05, 0) is 5.56 Å². The van der Waals surface area contributed by atoms with Crippen LogP contribution in [0.1, 0.15) is 12.0 Å². The van der Waals surface area contributed by atoms with E-state index in [1.807, 2.05) is 30.3 Å². The van der Waals surface area contributed by atoms with Gasteiger partial charge in [0, 0.05) is 5.75 Å². The molecule has 1 aromatic carbocycles. The molecule has 1 aromatic rings. The van der Waals surface area contributed by atoms with Crippen LogP contribution in [0.15, 0.2) is 30.3 Å². The third kappa shape index (κ3) is 6.14. The fourth-order valence-corrected chi connectivity index (χ4v) is 1.65. The molecule has 0 aromatic heterocycles. The summed E-state index contributed by atoms with van der Waals surface area (Å²) >= 11 is 1.50. The molecule has 82 valence electrons. The van der Waals surface area contributed by atoms with Crippen LogP contribution in [0.4, 0.5) is 0 Å². The normalized spacial score (nSPS) is 10.1. The summed E-state index contributed by atoms with van der Waals surface area (Å²) in [6.07, 6.45) is 0.194. The van der Waals surface area contributed by atoms with Gasteiger partial charge in [0.25, 0.3) is 0 Å². The molecule has 0 fully saturated rings. The van der Waals surface area contributed by atoms with E-state index >= 15 is 0 Å². The lowest BCUT2D eigenvalue weighted by Gasteiger charge is -2.03.